The van der Waals surface area contributed by atoms with Crippen molar-refractivity contribution in [2.75, 3.05) is 17.6 Å². The van der Waals surface area contributed by atoms with Crippen molar-refractivity contribution in [2.45, 2.75) is 52.1 Å². The van der Waals surface area contributed by atoms with Gasteiger partial charge in [0.05, 0.1) is 18.6 Å². The summed E-state index contributed by atoms with van der Waals surface area (Å²) >= 11 is 0. The standard InChI is InChI=1S/C12H14F2N4.C10H12N4.C3H6F2/c1-9(10-2-5-15-6-3-10)18-7-4-12(17-18)16-8-11(13)14;1-8(9-2-5-12-6-3-9)14-7-4-10(11)13-14;1-2-3(4)5/h2-7,9,11H,8H2,1H3,(H,16,17);2-8H,1H3,(H2,11,13);3H,2H2,1H3. The van der Waals surface area contributed by atoms with E-state index in [1.165, 1.54) is 12.5 Å². The van der Waals surface area contributed by atoms with Gasteiger partial charge in [-0.05, 0) is 55.3 Å². The van der Waals surface area contributed by atoms with Crippen LogP contribution in [0.25, 0.3) is 0 Å². The lowest BCUT2D eigenvalue weighted by molar-refractivity contribution is 0.144. The number of pyridine rings is 2. The molecule has 0 bridgehead atoms. The summed E-state index contributed by atoms with van der Waals surface area (Å²) in [6, 6.07) is 11.4. The van der Waals surface area contributed by atoms with E-state index in [0.717, 1.165) is 5.56 Å². The minimum absolute atomic E-state index is 0.0278. The van der Waals surface area contributed by atoms with Crippen molar-refractivity contribution in [1.29, 1.82) is 0 Å². The molecule has 0 aromatic carbocycles. The Labute approximate surface area is 213 Å². The molecule has 0 aliphatic rings. The average Bonchev–Trinajstić information content (AvgIpc) is 3.57. The molecule has 200 valence electrons. The fourth-order valence-electron chi connectivity index (χ4n) is 2.99. The lowest BCUT2D eigenvalue weighted by atomic mass is 10.1. The zero-order valence-electron chi connectivity index (χ0n) is 20.9. The first-order chi connectivity index (χ1) is 17.7. The number of nitrogens with one attached hydrogen (secondary N) is 1. The fourth-order valence-corrected chi connectivity index (χ4v) is 2.99. The summed E-state index contributed by atoms with van der Waals surface area (Å²) in [6.45, 7) is 5.12. The number of hydrogen-bond donors (Lipinski definition) is 2. The van der Waals surface area contributed by atoms with Crippen LogP contribution >= 0.6 is 0 Å². The third kappa shape index (κ3) is 10.3. The Bertz CT molecular complexity index is 1140. The van der Waals surface area contributed by atoms with Gasteiger partial charge in [0.1, 0.15) is 11.6 Å². The summed E-state index contributed by atoms with van der Waals surface area (Å²) in [5.74, 6) is 1.00. The van der Waals surface area contributed by atoms with Gasteiger partial charge in [-0.25, -0.2) is 17.6 Å². The van der Waals surface area contributed by atoms with E-state index in [0.29, 0.717) is 11.6 Å². The topological polar surface area (TPSA) is 99.5 Å². The van der Waals surface area contributed by atoms with E-state index in [9.17, 15) is 17.6 Å². The Balaban J connectivity index is 0.000000225. The molecule has 12 heteroatoms. The number of alkyl halides is 4. The normalized spacial score (nSPS) is 12.2. The summed E-state index contributed by atoms with van der Waals surface area (Å²) in [6.07, 6.45) is 6.09. The van der Waals surface area contributed by atoms with Crippen LogP contribution in [0.2, 0.25) is 0 Å². The molecule has 4 aromatic rings. The predicted molar refractivity (Wildman–Crippen MR) is 136 cm³/mol. The van der Waals surface area contributed by atoms with E-state index < -0.39 is 12.9 Å². The second-order valence-electron chi connectivity index (χ2n) is 7.89. The molecule has 2 unspecified atom stereocenters. The van der Waals surface area contributed by atoms with Gasteiger partial charge in [0.2, 0.25) is 6.43 Å². The van der Waals surface area contributed by atoms with E-state index in [2.05, 4.69) is 32.4 Å². The van der Waals surface area contributed by atoms with Crippen molar-refractivity contribution < 1.29 is 17.6 Å². The zero-order valence-corrected chi connectivity index (χ0v) is 20.9. The number of nitrogens with two attached hydrogens (primary N) is 1. The third-order valence-electron chi connectivity index (χ3n) is 5.15. The summed E-state index contributed by atoms with van der Waals surface area (Å²) in [4.78, 5) is 7.92. The van der Waals surface area contributed by atoms with E-state index >= 15 is 0 Å². The SMILES string of the molecule is CC(c1ccncc1)n1ccc(N)n1.CC(c1ccncc1)n1ccc(NCC(F)F)n1.CCC(F)F. The molecule has 2 atom stereocenters. The Morgan fingerprint density at radius 1 is 0.757 bits per heavy atom. The molecule has 4 rings (SSSR count). The van der Waals surface area contributed by atoms with Crippen LogP contribution in [0.3, 0.4) is 0 Å². The maximum absolute atomic E-state index is 12.0. The van der Waals surface area contributed by atoms with Crippen LogP contribution in [-0.4, -0.2) is 48.9 Å². The predicted octanol–water partition coefficient (Wildman–Crippen LogP) is 5.70. The molecule has 0 saturated carbocycles. The Hall–Kier alpha value is -3.96. The lowest BCUT2D eigenvalue weighted by Crippen LogP contribution is -2.12. The van der Waals surface area contributed by atoms with Gasteiger partial charge in [0.25, 0.3) is 6.43 Å². The molecule has 0 aliphatic heterocycles. The fraction of sp³-hybridized carbons (Fsp3) is 0.360. The van der Waals surface area contributed by atoms with Gasteiger partial charge in [-0.15, -0.1) is 0 Å². The number of anilines is 2. The van der Waals surface area contributed by atoms with Crippen molar-refractivity contribution in [1.82, 2.24) is 29.5 Å². The van der Waals surface area contributed by atoms with Crippen LogP contribution in [-0.2, 0) is 0 Å². The van der Waals surface area contributed by atoms with Gasteiger partial charge in [0.15, 0.2) is 0 Å². The zero-order chi connectivity index (χ0) is 27.2. The number of aromatic nitrogens is 6. The molecule has 4 aromatic heterocycles. The molecule has 0 fully saturated rings. The van der Waals surface area contributed by atoms with Crippen LogP contribution in [0.5, 0.6) is 0 Å². The van der Waals surface area contributed by atoms with Crippen molar-refractivity contribution >= 4 is 11.6 Å². The van der Waals surface area contributed by atoms with E-state index in [1.54, 1.807) is 47.8 Å². The van der Waals surface area contributed by atoms with Gasteiger partial charge in [-0.1, -0.05) is 6.92 Å². The summed E-state index contributed by atoms with van der Waals surface area (Å²) in [7, 11) is 0. The molecule has 0 amide bonds. The molecular formula is C25H32F4N8. The maximum atomic E-state index is 12.0. The van der Waals surface area contributed by atoms with Crippen LogP contribution in [0.15, 0.2) is 73.6 Å². The maximum Gasteiger partial charge on any atom is 0.255 e. The highest BCUT2D eigenvalue weighted by atomic mass is 19.3. The molecule has 37 heavy (non-hydrogen) atoms. The van der Waals surface area contributed by atoms with Crippen molar-refractivity contribution in [2.24, 2.45) is 0 Å². The minimum atomic E-state index is -2.38. The summed E-state index contributed by atoms with van der Waals surface area (Å²) < 4.78 is 49.2. The smallest absolute Gasteiger partial charge is 0.255 e. The highest BCUT2D eigenvalue weighted by Crippen LogP contribution is 2.18. The van der Waals surface area contributed by atoms with E-state index in [1.807, 2.05) is 42.1 Å². The Morgan fingerprint density at radius 2 is 1.22 bits per heavy atom. The largest absolute Gasteiger partial charge is 0.382 e. The highest BCUT2D eigenvalue weighted by Gasteiger charge is 2.10. The van der Waals surface area contributed by atoms with E-state index in [4.69, 9.17) is 5.73 Å². The lowest BCUT2D eigenvalue weighted by Gasteiger charge is -2.12. The van der Waals surface area contributed by atoms with Gasteiger partial charge in [-0.2, -0.15) is 10.2 Å². The van der Waals surface area contributed by atoms with Crippen molar-refractivity contribution in [3.63, 3.8) is 0 Å². The van der Waals surface area contributed by atoms with Crippen LogP contribution in [0.1, 0.15) is 50.4 Å². The van der Waals surface area contributed by atoms with Gasteiger partial charge >= 0.3 is 0 Å². The van der Waals surface area contributed by atoms with Gasteiger partial charge < -0.3 is 11.1 Å². The van der Waals surface area contributed by atoms with Crippen molar-refractivity contribution in [3.8, 4) is 0 Å². The quantitative estimate of drug-likeness (QED) is 0.289. The molecule has 8 nitrogen and oxygen atoms in total. The first-order valence-electron chi connectivity index (χ1n) is 11.7. The van der Waals surface area contributed by atoms with Crippen LogP contribution < -0.4 is 11.1 Å². The second-order valence-corrected chi connectivity index (χ2v) is 7.89. The number of rotatable bonds is 8. The molecule has 0 aliphatic carbocycles. The van der Waals surface area contributed by atoms with E-state index in [-0.39, 0.29) is 25.0 Å². The van der Waals surface area contributed by atoms with Gasteiger partial charge in [-0.3, -0.25) is 19.3 Å². The molecule has 4 heterocycles. The number of nitrogen functional groups attached to an aromatic ring is 1. The highest BCUT2D eigenvalue weighted by molar-refractivity contribution is 5.33. The number of nitrogens with zero attached hydrogens (tertiary/aromatic N) is 6. The molecule has 0 radical (unpaired) electrons. The number of halogens is 4. The Morgan fingerprint density at radius 3 is 1.62 bits per heavy atom. The van der Waals surface area contributed by atoms with Crippen LogP contribution in [0, 0.1) is 0 Å². The molecular weight excluding hydrogens is 488 g/mol. The van der Waals surface area contributed by atoms with Crippen molar-refractivity contribution in [3.05, 3.63) is 84.7 Å². The molecule has 3 N–H and O–H groups in total. The monoisotopic (exact) mass is 520 g/mol. The molecule has 0 spiro atoms. The minimum Gasteiger partial charge on any atom is -0.382 e. The third-order valence-corrected chi connectivity index (χ3v) is 5.15. The Kier molecular flexibility index (Phi) is 12.0. The summed E-state index contributed by atoms with van der Waals surface area (Å²) in [5, 5.41) is 10.9. The van der Waals surface area contributed by atoms with Gasteiger partial charge in [0, 0.05) is 49.7 Å². The van der Waals surface area contributed by atoms with Crippen LogP contribution in [0.4, 0.5) is 29.2 Å². The first-order valence-corrected chi connectivity index (χ1v) is 11.7. The average molecular weight is 521 g/mol. The second kappa shape index (κ2) is 15.2. The summed E-state index contributed by atoms with van der Waals surface area (Å²) in [5.41, 5.74) is 7.78. The molecule has 0 saturated heterocycles. The number of hydrogen-bond acceptors (Lipinski definition) is 6. The first kappa shape index (κ1) is 29.3.